The summed E-state index contributed by atoms with van der Waals surface area (Å²) in [6.07, 6.45) is 10.3. The van der Waals surface area contributed by atoms with E-state index in [9.17, 15) is 4.79 Å². The molecule has 1 fully saturated rings. The van der Waals surface area contributed by atoms with Crippen molar-refractivity contribution in [2.24, 2.45) is 0 Å². The number of nitrogens with one attached hydrogen (secondary N) is 1. The van der Waals surface area contributed by atoms with Gasteiger partial charge >= 0.3 is 0 Å². The Labute approximate surface area is 197 Å². The number of aromatic nitrogens is 3. The fraction of sp³-hybridized carbons (Fsp3) is 0.500. The summed E-state index contributed by atoms with van der Waals surface area (Å²) in [6.45, 7) is 8.45. The van der Waals surface area contributed by atoms with Crippen LogP contribution < -0.4 is 10.9 Å². The third-order valence-electron chi connectivity index (χ3n) is 6.45. The molecule has 0 spiro atoms. The minimum Gasteiger partial charge on any atom is -0.379 e. The Morgan fingerprint density at radius 1 is 1.12 bits per heavy atom. The van der Waals surface area contributed by atoms with E-state index in [1.54, 1.807) is 6.20 Å². The molecule has 6 nitrogen and oxygen atoms in total. The molecule has 1 aliphatic rings. The summed E-state index contributed by atoms with van der Waals surface area (Å²) >= 11 is 0. The van der Waals surface area contributed by atoms with Crippen molar-refractivity contribution in [1.29, 1.82) is 0 Å². The molecule has 1 aromatic carbocycles. The van der Waals surface area contributed by atoms with Gasteiger partial charge < -0.3 is 10.1 Å². The number of rotatable bonds is 9. The van der Waals surface area contributed by atoms with Crippen LogP contribution in [0.4, 0.5) is 5.69 Å². The summed E-state index contributed by atoms with van der Waals surface area (Å²) < 4.78 is 7.11. The fourth-order valence-corrected chi connectivity index (χ4v) is 5.15. The van der Waals surface area contributed by atoms with Crippen LogP contribution in [0.5, 0.6) is 0 Å². The molecule has 2 heterocycles. The molecule has 0 amide bonds. The van der Waals surface area contributed by atoms with Crippen LogP contribution >= 0.6 is 0 Å². The molecule has 0 aliphatic heterocycles. The molecule has 2 aromatic heterocycles. The maximum absolute atomic E-state index is 12.8. The van der Waals surface area contributed by atoms with Gasteiger partial charge in [-0.2, -0.15) is 5.10 Å². The van der Waals surface area contributed by atoms with Gasteiger partial charge in [0.2, 0.25) is 0 Å². The maximum Gasteiger partial charge on any atom is 0.276 e. The maximum atomic E-state index is 12.8. The average molecular weight is 465 g/mol. The van der Waals surface area contributed by atoms with Gasteiger partial charge in [-0.25, -0.2) is 4.68 Å². The number of pyridine rings is 1. The number of nitrogens with zero attached hydrogens (tertiary/aromatic N) is 3. The number of hydrogen-bond acceptors (Lipinski definition) is 5. The predicted octanol–water partition coefficient (Wildman–Crippen LogP) is 5.76. The highest BCUT2D eigenvalue weighted by Gasteiger charge is 2.16. The smallest absolute Gasteiger partial charge is 0.276 e. The molecule has 33 heavy (non-hydrogen) atoms. The zero-order valence-electron chi connectivity index (χ0n) is 20.1. The SMILES string of the molecule is C[Si](C)(C)CCOCn1ncc2cc(NCc3cc(C4CCCCC4)ccn3)ccc2c1=O. The van der Waals surface area contributed by atoms with E-state index in [2.05, 4.69) is 47.2 Å². The molecule has 3 aromatic rings. The molecule has 0 radical (unpaired) electrons. The van der Waals surface area contributed by atoms with E-state index in [0.29, 0.717) is 24.5 Å². The van der Waals surface area contributed by atoms with Crippen molar-refractivity contribution in [1.82, 2.24) is 14.8 Å². The minimum atomic E-state index is -1.15. The van der Waals surface area contributed by atoms with Crippen molar-refractivity contribution in [3.05, 3.63) is 64.3 Å². The van der Waals surface area contributed by atoms with E-state index < -0.39 is 8.07 Å². The Kier molecular flexibility index (Phi) is 7.60. The highest BCUT2D eigenvalue weighted by atomic mass is 28.3. The van der Waals surface area contributed by atoms with Crippen molar-refractivity contribution < 1.29 is 4.74 Å². The highest BCUT2D eigenvalue weighted by Crippen LogP contribution is 2.32. The molecule has 1 saturated carbocycles. The first-order valence-electron chi connectivity index (χ1n) is 12.2. The summed E-state index contributed by atoms with van der Waals surface area (Å²) in [5, 5.41) is 9.25. The molecular formula is C26H36N4O2Si. The summed E-state index contributed by atoms with van der Waals surface area (Å²) in [4.78, 5) is 17.3. The van der Waals surface area contributed by atoms with Crippen LogP contribution in [0.3, 0.4) is 0 Å². The fourth-order valence-electron chi connectivity index (χ4n) is 4.39. The lowest BCUT2D eigenvalue weighted by molar-refractivity contribution is 0.0754. The van der Waals surface area contributed by atoms with E-state index in [1.165, 1.54) is 42.3 Å². The van der Waals surface area contributed by atoms with Gasteiger partial charge in [-0.1, -0.05) is 38.9 Å². The van der Waals surface area contributed by atoms with Crippen LogP contribution in [-0.2, 0) is 18.0 Å². The van der Waals surface area contributed by atoms with E-state index in [0.717, 1.165) is 22.8 Å². The van der Waals surface area contributed by atoms with Crippen molar-refractivity contribution in [3.8, 4) is 0 Å². The van der Waals surface area contributed by atoms with Crippen molar-refractivity contribution in [3.63, 3.8) is 0 Å². The van der Waals surface area contributed by atoms with Crippen LogP contribution in [0.2, 0.25) is 25.7 Å². The summed E-state index contributed by atoms with van der Waals surface area (Å²) in [7, 11) is -1.15. The van der Waals surface area contributed by atoms with Crippen molar-refractivity contribution in [2.45, 2.75) is 77.0 Å². The van der Waals surface area contributed by atoms with Gasteiger partial charge in [0, 0.05) is 32.0 Å². The lowest BCUT2D eigenvalue weighted by Gasteiger charge is -2.22. The van der Waals surface area contributed by atoms with E-state index in [-0.39, 0.29) is 12.3 Å². The number of ether oxygens (including phenoxy) is 1. The molecule has 176 valence electrons. The van der Waals surface area contributed by atoms with Gasteiger partial charge in [0.25, 0.3) is 5.56 Å². The van der Waals surface area contributed by atoms with Gasteiger partial charge in [0.05, 0.1) is 23.8 Å². The number of fused-ring (bicyclic) bond motifs is 1. The third kappa shape index (κ3) is 6.51. The van der Waals surface area contributed by atoms with Gasteiger partial charge in [0.15, 0.2) is 0 Å². The minimum absolute atomic E-state index is 0.117. The zero-order chi connectivity index (χ0) is 23.3. The lowest BCUT2D eigenvalue weighted by atomic mass is 9.84. The molecule has 1 aliphatic carbocycles. The third-order valence-corrected chi connectivity index (χ3v) is 8.16. The van der Waals surface area contributed by atoms with Gasteiger partial charge in [0.1, 0.15) is 6.73 Å². The molecule has 0 atom stereocenters. The Hall–Kier alpha value is -2.51. The molecule has 0 saturated heterocycles. The normalized spacial score (nSPS) is 15.1. The molecule has 1 N–H and O–H groups in total. The Balaban J connectivity index is 1.39. The second-order valence-electron chi connectivity index (χ2n) is 10.4. The second-order valence-corrected chi connectivity index (χ2v) is 16.0. The highest BCUT2D eigenvalue weighted by molar-refractivity contribution is 6.76. The number of benzene rings is 1. The first-order valence-corrected chi connectivity index (χ1v) is 15.9. The lowest BCUT2D eigenvalue weighted by Crippen LogP contribution is -2.26. The average Bonchev–Trinajstić information content (AvgIpc) is 2.82. The Morgan fingerprint density at radius 3 is 2.73 bits per heavy atom. The van der Waals surface area contributed by atoms with Gasteiger partial charge in [-0.15, -0.1) is 0 Å². The largest absolute Gasteiger partial charge is 0.379 e. The number of hydrogen-bond donors (Lipinski definition) is 1. The Morgan fingerprint density at radius 2 is 1.94 bits per heavy atom. The van der Waals surface area contributed by atoms with Gasteiger partial charge in [-0.3, -0.25) is 9.78 Å². The molecule has 4 rings (SSSR count). The molecule has 0 unspecified atom stereocenters. The number of anilines is 1. The topological polar surface area (TPSA) is 69.0 Å². The standard InChI is InChI=1S/C26H36N4O2Si/c1-33(2,3)14-13-32-19-30-26(31)25-10-9-23(16-22(25)17-29-30)28-18-24-15-21(11-12-27-24)20-7-5-4-6-8-20/h9-12,15-17,20,28H,4-8,13-14,18-19H2,1-3H3. The van der Waals surface area contributed by atoms with E-state index in [4.69, 9.17) is 4.74 Å². The molecular weight excluding hydrogens is 428 g/mol. The summed E-state index contributed by atoms with van der Waals surface area (Å²) in [6, 6.07) is 11.3. The Bertz CT molecular complexity index is 1130. The monoisotopic (exact) mass is 464 g/mol. The summed E-state index contributed by atoms with van der Waals surface area (Å²) in [5.41, 5.74) is 3.30. The quantitative estimate of drug-likeness (QED) is 0.322. The van der Waals surface area contributed by atoms with Crippen LogP contribution in [0, 0.1) is 0 Å². The van der Waals surface area contributed by atoms with Crippen LogP contribution in [-0.4, -0.2) is 29.4 Å². The molecule has 7 heteroatoms. The van der Waals surface area contributed by atoms with Crippen LogP contribution in [0.25, 0.3) is 10.8 Å². The first kappa shape index (κ1) is 23.6. The first-order chi connectivity index (χ1) is 15.9. The van der Waals surface area contributed by atoms with Gasteiger partial charge in [-0.05, 0) is 60.7 Å². The van der Waals surface area contributed by atoms with Crippen molar-refractivity contribution >= 4 is 24.5 Å². The van der Waals surface area contributed by atoms with Crippen molar-refractivity contribution in [2.75, 3.05) is 11.9 Å². The van der Waals surface area contributed by atoms with E-state index >= 15 is 0 Å². The second kappa shape index (κ2) is 10.6. The zero-order valence-corrected chi connectivity index (χ0v) is 21.1. The predicted molar refractivity (Wildman–Crippen MR) is 137 cm³/mol. The summed E-state index contributed by atoms with van der Waals surface area (Å²) in [5.74, 6) is 0.675. The van der Waals surface area contributed by atoms with E-state index in [1.807, 2.05) is 24.4 Å². The van der Waals surface area contributed by atoms with Crippen LogP contribution in [0.15, 0.2) is 47.5 Å². The molecule has 0 bridgehead atoms. The van der Waals surface area contributed by atoms with Crippen LogP contribution in [0.1, 0.15) is 49.3 Å².